The first-order chi connectivity index (χ1) is 6.75. The molecule has 2 heteroatoms. The lowest BCUT2D eigenvalue weighted by molar-refractivity contribution is 0.260. The van der Waals surface area contributed by atoms with Crippen molar-refractivity contribution >= 4 is 0 Å². The number of phenolic OH excluding ortho intramolecular Hbond substituents is 1. The first kappa shape index (κ1) is 9.53. The van der Waals surface area contributed by atoms with E-state index in [0.29, 0.717) is 11.7 Å². The van der Waals surface area contributed by atoms with E-state index in [9.17, 15) is 5.11 Å². The molecule has 0 aromatic heterocycles. The molecule has 3 N–H and O–H groups in total. The van der Waals surface area contributed by atoms with Crippen molar-refractivity contribution in [3.63, 3.8) is 0 Å². The van der Waals surface area contributed by atoms with Gasteiger partial charge in [0.25, 0.3) is 0 Å². The second-order valence-electron chi connectivity index (χ2n) is 4.23. The Labute approximate surface area is 84.7 Å². The number of hydrogen-bond acceptors (Lipinski definition) is 2. The molecule has 0 heterocycles. The maximum atomic E-state index is 9.29. The minimum absolute atomic E-state index is 0.269. The topological polar surface area (TPSA) is 46.2 Å². The number of aromatic hydroxyl groups is 1. The van der Waals surface area contributed by atoms with Gasteiger partial charge >= 0.3 is 0 Å². The van der Waals surface area contributed by atoms with Gasteiger partial charge in [-0.05, 0) is 42.9 Å². The summed E-state index contributed by atoms with van der Waals surface area (Å²) >= 11 is 0. The molecule has 76 valence electrons. The van der Waals surface area contributed by atoms with Gasteiger partial charge in [0, 0.05) is 6.04 Å². The minimum Gasteiger partial charge on any atom is -0.508 e. The average Bonchev–Trinajstić information content (AvgIpc) is 1.99. The van der Waals surface area contributed by atoms with Crippen LogP contribution in [0, 0.1) is 5.92 Å². The first-order valence-electron chi connectivity index (χ1n) is 5.29. The predicted molar refractivity (Wildman–Crippen MR) is 57.1 cm³/mol. The summed E-state index contributed by atoms with van der Waals surface area (Å²) in [6.07, 6.45) is 4.78. The normalized spacial score (nSPS) is 18.9. The molecule has 0 saturated heterocycles. The van der Waals surface area contributed by atoms with Gasteiger partial charge in [0.2, 0.25) is 0 Å². The number of hydrogen-bond donors (Lipinski definition) is 2. The highest BCUT2D eigenvalue weighted by atomic mass is 16.3. The minimum atomic E-state index is 0.269. The van der Waals surface area contributed by atoms with Crippen LogP contribution in [0.1, 0.15) is 24.8 Å². The molecular weight excluding hydrogens is 174 g/mol. The fourth-order valence-corrected chi connectivity index (χ4v) is 1.99. The molecule has 0 amide bonds. The molecule has 1 saturated carbocycles. The van der Waals surface area contributed by atoms with Crippen molar-refractivity contribution in [2.45, 2.75) is 31.7 Å². The van der Waals surface area contributed by atoms with Gasteiger partial charge in [0.15, 0.2) is 0 Å². The Morgan fingerprint density at radius 2 is 2.21 bits per heavy atom. The standard InChI is InChI=1S/C12H17NO/c13-12(10-4-2-5-10)8-9-3-1-6-11(14)7-9/h1,3,6-7,10,12,14H,2,4-5,8,13H2. The zero-order valence-electron chi connectivity index (χ0n) is 8.32. The molecule has 1 aromatic rings. The summed E-state index contributed by atoms with van der Waals surface area (Å²) in [5.41, 5.74) is 7.22. The number of phenols is 1. The number of rotatable bonds is 3. The Morgan fingerprint density at radius 3 is 2.79 bits per heavy atom. The zero-order chi connectivity index (χ0) is 9.97. The van der Waals surface area contributed by atoms with E-state index in [-0.39, 0.29) is 6.04 Å². The Bertz CT molecular complexity index is 307. The second-order valence-corrected chi connectivity index (χ2v) is 4.23. The van der Waals surface area contributed by atoms with Crippen molar-refractivity contribution in [2.24, 2.45) is 11.7 Å². The molecule has 1 aliphatic carbocycles. The maximum Gasteiger partial charge on any atom is 0.115 e. The van der Waals surface area contributed by atoms with Crippen LogP contribution >= 0.6 is 0 Å². The summed E-state index contributed by atoms with van der Waals surface area (Å²) in [7, 11) is 0. The number of benzene rings is 1. The van der Waals surface area contributed by atoms with Crippen LogP contribution < -0.4 is 5.73 Å². The highest BCUT2D eigenvalue weighted by Gasteiger charge is 2.24. The van der Waals surface area contributed by atoms with Crippen LogP contribution in [0.5, 0.6) is 5.75 Å². The highest BCUT2D eigenvalue weighted by Crippen LogP contribution is 2.30. The van der Waals surface area contributed by atoms with Crippen LogP contribution in [0.25, 0.3) is 0 Å². The van der Waals surface area contributed by atoms with Crippen molar-refractivity contribution in [2.75, 3.05) is 0 Å². The Kier molecular flexibility index (Phi) is 2.73. The van der Waals surface area contributed by atoms with Gasteiger partial charge in [0.05, 0.1) is 0 Å². The maximum absolute atomic E-state index is 9.29. The van der Waals surface area contributed by atoms with Crippen molar-refractivity contribution < 1.29 is 5.11 Å². The molecule has 2 rings (SSSR count). The van der Waals surface area contributed by atoms with E-state index in [1.54, 1.807) is 12.1 Å². The molecule has 2 nitrogen and oxygen atoms in total. The zero-order valence-corrected chi connectivity index (χ0v) is 8.32. The Hall–Kier alpha value is -1.02. The summed E-state index contributed by atoms with van der Waals surface area (Å²) in [5.74, 6) is 1.04. The SMILES string of the molecule is NC(Cc1cccc(O)c1)C1CCC1. The monoisotopic (exact) mass is 191 g/mol. The van der Waals surface area contributed by atoms with Gasteiger partial charge < -0.3 is 10.8 Å². The smallest absolute Gasteiger partial charge is 0.115 e. The molecule has 1 fully saturated rings. The molecule has 0 bridgehead atoms. The third-order valence-electron chi connectivity index (χ3n) is 3.14. The summed E-state index contributed by atoms with van der Waals surface area (Å²) < 4.78 is 0. The van der Waals surface area contributed by atoms with Crippen molar-refractivity contribution in [3.05, 3.63) is 29.8 Å². The van der Waals surface area contributed by atoms with Gasteiger partial charge in [-0.25, -0.2) is 0 Å². The van der Waals surface area contributed by atoms with Crippen molar-refractivity contribution in [1.82, 2.24) is 0 Å². The average molecular weight is 191 g/mol. The third-order valence-corrected chi connectivity index (χ3v) is 3.14. The fourth-order valence-electron chi connectivity index (χ4n) is 1.99. The van der Waals surface area contributed by atoms with E-state index in [2.05, 4.69) is 0 Å². The summed E-state index contributed by atoms with van der Waals surface area (Å²) in [5, 5.41) is 9.29. The van der Waals surface area contributed by atoms with Gasteiger partial charge in [-0.2, -0.15) is 0 Å². The van der Waals surface area contributed by atoms with E-state index >= 15 is 0 Å². The van der Waals surface area contributed by atoms with Crippen LogP contribution in [0.4, 0.5) is 0 Å². The summed E-state index contributed by atoms with van der Waals surface area (Å²) in [6, 6.07) is 7.67. The summed E-state index contributed by atoms with van der Waals surface area (Å²) in [6.45, 7) is 0. The largest absolute Gasteiger partial charge is 0.508 e. The highest BCUT2D eigenvalue weighted by molar-refractivity contribution is 5.27. The van der Waals surface area contributed by atoms with Crippen molar-refractivity contribution in [3.8, 4) is 5.75 Å². The number of nitrogens with two attached hydrogens (primary N) is 1. The molecular formula is C12H17NO. The van der Waals surface area contributed by atoms with E-state index in [1.165, 1.54) is 19.3 Å². The van der Waals surface area contributed by atoms with Gasteiger partial charge in [-0.1, -0.05) is 18.6 Å². The Balaban J connectivity index is 1.95. The predicted octanol–water partition coefficient (Wildman–Crippen LogP) is 2.06. The van der Waals surface area contributed by atoms with Crippen LogP contribution in [0.2, 0.25) is 0 Å². The van der Waals surface area contributed by atoms with Crippen LogP contribution in [0.15, 0.2) is 24.3 Å². The molecule has 1 aliphatic rings. The van der Waals surface area contributed by atoms with E-state index < -0.39 is 0 Å². The molecule has 14 heavy (non-hydrogen) atoms. The van der Waals surface area contributed by atoms with Gasteiger partial charge in [0.1, 0.15) is 5.75 Å². The first-order valence-corrected chi connectivity index (χ1v) is 5.29. The molecule has 0 aliphatic heterocycles. The van der Waals surface area contributed by atoms with Gasteiger partial charge in [-0.3, -0.25) is 0 Å². The third kappa shape index (κ3) is 2.07. The van der Waals surface area contributed by atoms with E-state index in [0.717, 1.165) is 12.0 Å². The second kappa shape index (κ2) is 4.01. The Morgan fingerprint density at radius 1 is 1.43 bits per heavy atom. The summed E-state index contributed by atoms with van der Waals surface area (Å²) in [4.78, 5) is 0. The molecule has 1 aromatic carbocycles. The molecule has 0 radical (unpaired) electrons. The molecule has 1 unspecified atom stereocenters. The quantitative estimate of drug-likeness (QED) is 0.768. The molecule has 1 atom stereocenters. The van der Waals surface area contributed by atoms with Crippen LogP contribution in [-0.2, 0) is 6.42 Å². The lowest BCUT2D eigenvalue weighted by Crippen LogP contribution is -2.36. The van der Waals surface area contributed by atoms with E-state index in [4.69, 9.17) is 5.73 Å². The van der Waals surface area contributed by atoms with E-state index in [1.807, 2.05) is 12.1 Å². The van der Waals surface area contributed by atoms with Crippen molar-refractivity contribution in [1.29, 1.82) is 0 Å². The van der Waals surface area contributed by atoms with Gasteiger partial charge in [-0.15, -0.1) is 0 Å². The lowest BCUT2D eigenvalue weighted by Gasteiger charge is -2.31. The fraction of sp³-hybridized carbons (Fsp3) is 0.500. The van der Waals surface area contributed by atoms with Crippen LogP contribution in [-0.4, -0.2) is 11.1 Å². The van der Waals surface area contributed by atoms with Crippen LogP contribution in [0.3, 0.4) is 0 Å². The lowest BCUT2D eigenvalue weighted by atomic mass is 9.78. The molecule has 0 spiro atoms.